The van der Waals surface area contributed by atoms with Gasteiger partial charge in [-0.05, 0) is 36.2 Å². The molecule has 0 aliphatic rings. The number of hydrogen-bond acceptors (Lipinski definition) is 3. The molecule has 3 heteroatoms. The first-order valence-electron chi connectivity index (χ1n) is 3.48. The van der Waals surface area contributed by atoms with E-state index in [0.29, 0.717) is 0 Å². The van der Waals surface area contributed by atoms with E-state index in [1.165, 1.54) is 17.6 Å². The molecule has 60 valence electrons. The Morgan fingerprint density at radius 3 is 2.82 bits per heavy atom. The van der Waals surface area contributed by atoms with Crippen molar-refractivity contribution in [2.24, 2.45) is 0 Å². The van der Waals surface area contributed by atoms with E-state index >= 15 is 0 Å². The Labute approximate surface area is 71.2 Å². The molecule has 1 rings (SSSR count). The second-order valence-electron chi connectivity index (χ2n) is 2.09. The molecular weight excluding hydrogens is 158 g/mol. The van der Waals surface area contributed by atoms with Crippen molar-refractivity contribution in [1.29, 1.82) is 0 Å². The lowest BCUT2D eigenvalue weighted by Crippen LogP contribution is -1.88. The summed E-state index contributed by atoms with van der Waals surface area (Å²) in [6.07, 6.45) is 4.67. The number of aryl methyl sites for hydroxylation is 1. The van der Waals surface area contributed by atoms with Crippen LogP contribution in [0.1, 0.15) is 5.56 Å². The zero-order valence-electron chi connectivity index (χ0n) is 6.49. The lowest BCUT2D eigenvalue weighted by atomic mass is 10.2. The van der Waals surface area contributed by atoms with E-state index in [4.69, 9.17) is 4.18 Å². The van der Waals surface area contributed by atoms with Crippen LogP contribution in [0.3, 0.4) is 0 Å². The van der Waals surface area contributed by atoms with Crippen LogP contribution < -0.4 is 0 Å². The van der Waals surface area contributed by atoms with Gasteiger partial charge in [-0.2, -0.15) is 0 Å². The molecule has 0 aliphatic carbocycles. The van der Waals surface area contributed by atoms with Gasteiger partial charge in [-0.3, -0.25) is 4.98 Å². The third-order valence-electron chi connectivity index (χ3n) is 1.34. The van der Waals surface area contributed by atoms with Gasteiger partial charge in [0.05, 0.1) is 7.11 Å². The van der Waals surface area contributed by atoms with Crippen molar-refractivity contribution in [3.63, 3.8) is 0 Å². The SMILES string of the molecule is COSCCc1ccncc1. The van der Waals surface area contributed by atoms with E-state index in [9.17, 15) is 0 Å². The molecule has 0 aliphatic heterocycles. The minimum absolute atomic E-state index is 1.00. The minimum atomic E-state index is 1.00. The molecule has 0 fully saturated rings. The van der Waals surface area contributed by atoms with Gasteiger partial charge in [0.2, 0.25) is 0 Å². The number of pyridine rings is 1. The van der Waals surface area contributed by atoms with Crippen molar-refractivity contribution in [3.8, 4) is 0 Å². The summed E-state index contributed by atoms with van der Waals surface area (Å²) in [6.45, 7) is 0. The maximum absolute atomic E-state index is 4.86. The fourth-order valence-corrected chi connectivity index (χ4v) is 1.28. The second-order valence-corrected chi connectivity index (χ2v) is 3.07. The third kappa shape index (κ3) is 3.39. The quantitative estimate of drug-likeness (QED) is 0.508. The Morgan fingerprint density at radius 2 is 2.18 bits per heavy atom. The highest BCUT2D eigenvalue weighted by atomic mass is 32.2. The average molecular weight is 169 g/mol. The Kier molecular flexibility index (Phi) is 4.01. The summed E-state index contributed by atoms with van der Waals surface area (Å²) in [7, 11) is 1.69. The van der Waals surface area contributed by atoms with E-state index in [1.54, 1.807) is 7.11 Å². The highest BCUT2D eigenvalue weighted by molar-refractivity contribution is 7.94. The highest BCUT2D eigenvalue weighted by Crippen LogP contribution is 2.05. The summed E-state index contributed by atoms with van der Waals surface area (Å²) in [5.74, 6) is 1.00. The van der Waals surface area contributed by atoms with E-state index in [1.807, 2.05) is 24.5 Å². The third-order valence-corrected chi connectivity index (χ3v) is 1.95. The van der Waals surface area contributed by atoms with Gasteiger partial charge in [0.25, 0.3) is 0 Å². The number of nitrogens with zero attached hydrogens (tertiary/aromatic N) is 1. The number of rotatable bonds is 4. The average Bonchev–Trinajstić information content (AvgIpc) is 2.07. The Bertz CT molecular complexity index is 191. The van der Waals surface area contributed by atoms with Crippen LogP contribution in [-0.4, -0.2) is 17.8 Å². The molecule has 0 saturated carbocycles. The van der Waals surface area contributed by atoms with Crippen LogP contribution in [0.25, 0.3) is 0 Å². The zero-order valence-corrected chi connectivity index (χ0v) is 7.30. The smallest absolute Gasteiger partial charge is 0.0503 e. The van der Waals surface area contributed by atoms with Crippen LogP contribution in [-0.2, 0) is 10.6 Å². The lowest BCUT2D eigenvalue weighted by molar-refractivity contribution is 0.489. The molecule has 0 radical (unpaired) electrons. The maximum Gasteiger partial charge on any atom is 0.0503 e. The lowest BCUT2D eigenvalue weighted by Gasteiger charge is -1.97. The molecular formula is C8H11NOS. The van der Waals surface area contributed by atoms with Gasteiger partial charge < -0.3 is 4.18 Å². The molecule has 0 aromatic carbocycles. The van der Waals surface area contributed by atoms with Crippen LogP contribution >= 0.6 is 12.0 Å². The zero-order chi connectivity index (χ0) is 7.94. The summed E-state index contributed by atoms with van der Waals surface area (Å²) in [6, 6.07) is 4.05. The van der Waals surface area contributed by atoms with Gasteiger partial charge in [-0.25, -0.2) is 0 Å². The van der Waals surface area contributed by atoms with Crippen molar-refractivity contribution in [1.82, 2.24) is 4.98 Å². The Balaban J connectivity index is 2.28. The van der Waals surface area contributed by atoms with Crippen LogP contribution in [0, 0.1) is 0 Å². The molecule has 1 heterocycles. The van der Waals surface area contributed by atoms with Crippen molar-refractivity contribution < 1.29 is 4.18 Å². The van der Waals surface area contributed by atoms with Crippen LogP contribution in [0.15, 0.2) is 24.5 Å². The predicted molar refractivity (Wildman–Crippen MR) is 47.4 cm³/mol. The van der Waals surface area contributed by atoms with Gasteiger partial charge in [0.1, 0.15) is 0 Å². The van der Waals surface area contributed by atoms with Crippen LogP contribution in [0.5, 0.6) is 0 Å². The molecule has 0 atom stereocenters. The van der Waals surface area contributed by atoms with Gasteiger partial charge >= 0.3 is 0 Å². The monoisotopic (exact) mass is 169 g/mol. The Hall–Kier alpha value is -0.540. The topological polar surface area (TPSA) is 22.1 Å². The predicted octanol–water partition coefficient (Wildman–Crippen LogP) is 1.92. The van der Waals surface area contributed by atoms with Gasteiger partial charge in [-0.1, -0.05) is 0 Å². The summed E-state index contributed by atoms with van der Waals surface area (Å²) >= 11 is 1.48. The van der Waals surface area contributed by atoms with E-state index < -0.39 is 0 Å². The first-order chi connectivity index (χ1) is 5.43. The summed E-state index contributed by atoms with van der Waals surface area (Å²) in [4.78, 5) is 3.94. The van der Waals surface area contributed by atoms with E-state index in [-0.39, 0.29) is 0 Å². The van der Waals surface area contributed by atoms with Crippen molar-refractivity contribution in [3.05, 3.63) is 30.1 Å². The van der Waals surface area contributed by atoms with Gasteiger partial charge in [0, 0.05) is 18.1 Å². The van der Waals surface area contributed by atoms with Crippen molar-refractivity contribution in [2.45, 2.75) is 6.42 Å². The fourth-order valence-electron chi connectivity index (χ4n) is 0.792. The standard InChI is InChI=1S/C8H11NOS/c1-10-11-7-4-8-2-5-9-6-3-8/h2-3,5-6H,4,7H2,1H3. The highest BCUT2D eigenvalue weighted by Gasteiger charge is 1.90. The molecule has 1 aromatic heterocycles. The van der Waals surface area contributed by atoms with E-state index in [0.717, 1.165) is 12.2 Å². The van der Waals surface area contributed by atoms with Crippen LogP contribution in [0.2, 0.25) is 0 Å². The molecule has 0 N–H and O–H groups in total. The van der Waals surface area contributed by atoms with Crippen LogP contribution in [0.4, 0.5) is 0 Å². The first kappa shape index (κ1) is 8.56. The summed E-state index contributed by atoms with van der Waals surface area (Å²) < 4.78 is 4.86. The number of hydrogen-bond donors (Lipinski definition) is 0. The second kappa shape index (κ2) is 5.16. The summed E-state index contributed by atoms with van der Waals surface area (Å²) in [5, 5.41) is 0. The maximum atomic E-state index is 4.86. The molecule has 0 amide bonds. The van der Waals surface area contributed by atoms with Gasteiger partial charge in [-0.15, -0.1) is 0 Å². The summed E-state index contributed by atoms with van der Waals surface area (Å²) in [5.41, 5.74) is 1.31. The minimum Gasteiger partial charge on any atom is -0.319 e. The normalized spacial score (nSPS) is 9.91. The van der Waals surface area contributed by atoms with E-state index in [2.05, 4.69) is 4.98 Å². The molecule has 0 bridgehead atoms. The van der Waals surface area contributed by atoms with Gasteiger partial charge in [0.15, 0.2) is 0 Å². The molecule has 1 aromatic rings. The Morgan fingerprint density at radius 1 is 1.45 bits per heavy atom. The molecule has 0 saturated heterocycles. The fraction of sp³-hybridized carbons (Fsp3) is 0.375. The molecule has 2 nitrogen and oxygen atoms in total. The molecule has 0 spiro atoms. The number of aromatic nitrogens is 1. The molecule has 11 heavy (non-hydrogen) atoms. The van der Waals surface area contributed by atoms with Crippen molar-refractivity contribution >= 4 is 12.0 Å². The first-order valence-corrected chi connectivity index (χ1v) is 4.39. The largest absolute Gasteiger partial charge is 0.319 e. The van der Waals surface area contributed by atoms with Crippen molar-refractivity contribution in [2.75, 3.05) is 12.9 Å². The molecule has 0 unspecified atom stereocenters.